The third kappa shape index (κ3) is 3.53. The van der Waals surface area contributed by atoms with Gasteiger partial charge in [-0.3, -0.25) is 4.79 Å². The first-order valence-electron chi connectivity index (χ1n) is 7.96. The van der Waals surface area contributed by atoms with Gasteiger partial charge in [0, 0.05) is 23.5 Å². The van der Waals surface area contributed by atoms with Crippen LogP contribution in [0.5, 0.6) is 0 Å². The van der Waals surface area contributed by atoms with E-state index in [4.69, 9.17) is 0 Å². The van der Waals surface area contributed by atoms with Gasteiger partial charge in [0.1, 0.15) is 6.04 Å². The fourth-order valence-electron chi connectivity index (χ4n) is 3.07. The maximum Gasteiger partial charge on any atom is 0.326 e. The Hall–Kier alpha value is -2.34. The van der Waals surface area contributed by atoms with Crippen molar-refractivity contribution >= 4 is 22.8 Å². The van der Waals surface area contributed by atoms with E-state index in [0.29, 0.717) is 0 Å². The van der Waals surface area contributed by atoms with Crippen LogP contribution in [0.3, 0.4) is 0 Å². The first-order chi connectivity index (χ1) is 11.1. The number of amides is 1. The number of H-pyrrole nitrogens is 1. The zero-order chi connectivity index (χ0) is 16.2. The van der Waals surface area contributed by atoms with Crippen molar-refractivity contribution in [3.63, 3.8) is 0 Å². The summed E-state index contributed by atoms with van der Waals surface area (Å²) in [5, 5.41) is 16.3. The molecule has 1 aliphatic heterocycles. The Balaban J connectivity index is 1.71. The van der Waals surface area contributed by atoms with Crippen LogP contribution in [0.4, 0.5) is 0 Å². The van der Waals surface area contributed by atoms with Gasteiger partial charge in [0.15, 0.2) is 0 Å². The van der Waals surface area contributed by atoms with Gasteiger partial charge in [0.25, 0.3) is 0 Å². The summed E-state index contributed by atoms with van der Waals surface area (Å²) in [4.78, 5) is 26.9. The molecule has 2 heterocycles. The molecule has 3 rings (SSSR count). The normalized spacial score (nSPS) is 19.4. The van der Waals surface area contributed by atoms with Crippen molar-refractivity contribution in [2.45, 2.75) is 37.8 Å². The minimum Gasteiger partial charge on any atom is -0.480 e. The number of aromatic amines is 1. The molecule has 0 spiro atoms. The van der Waals surface area contributed by atoms with Gasteiger partial charge >= 0.3 is 5.97 Å². The average Bonchev–Trinajstić information content (AvgIpc) is 2.98. The van der Waals surface area contributed by atoms with Crippen molar-refractivity contribution in [2.75, 3.05) is 6.54 Å². The molecule has 1 aliphatic rings. The molecule has 0 saturated carbocycles. The number of hydrogen-bond acceptors (Lipinski definition) is 3. The molecule has 23 heavy (non-hydrogen) atoms. The average molecular weight is 315 g/mol. The third-order valence-corrected chi connectivity index (χ3v) is 4.34. The number of nitrogens with one attached hydrogen (secondary N) is 3. The highest BCUT2D eigenvalue weighted by atomic mass is 16.4. The number of piperidine rings is 1. The van der Waals surface area contributed by atoms with Gasteiger partial charge in [-0.05, 0) is 31.0 Å². The Bertz CT molecular complexity index is 704. The van der Waals surface area contributed by atoms with Crippen molar-refractivity contribution < 1.29 is 14.7 Å². The summed E-state index contributed by atoms with van der Waals surface area (Å²) in [6.07, 6.45) is 4.88. The van der Waals surface area contributed by atoms with Gasteiger partial charge in [-0.1, -0.05) is 24.6 Å². The molecule has 1 aromatic carbocycles. The molecule has 1 saturated heterocycles. The van der Waals surface area contributed by atoms with Crippen molar-refractivity contribution in [1.82, 2.24) is 15.6 Å². The monoisotopic (exact) mass is 315 g/mol. The topological polar surface area (TPSA) is 94.2 Å². The van der Waals surface area contributed by atoms with Crippen molar-refractivity contribution in [1.29, 1.82) is 0 Å². The second kappa shape index (κ2) is 6.83. The number of carboxylic acid groups (broad SMARTS) is 1. The zero-order valence-electron chi connectivity index (χ0n) is 12.8. The first kappa shape index (κ1) is 15.6. The van der Waals surface area contributed by atoms with Crippen LogP contribution in [-0.4, -0.2) is 40.6 Å². The lowest BCUT2D eigenvalue weighted by atomic mass is 10.0. The molecule has 6 heteroatoms. The smallest absolute Gasteiger partial charge is 0.326 e. The van der Waals surface area contributed by atoms with E-state index in [2.05, 4.69) is 15.6 Å². The SMILES string of the molecule is O=C(O)[C@H](Cc1c[nH]c2ccccc12)NC(=O)[C@@H]1CCCCN1. The van der Waals surface area contributed by atoms with Crippen LogP contribution in [0.15, 0.2) is 30.5 Å². The number of aliphatic carboxylic acids is 1. The Morgan fingerprint density at radius 3 is 2.87 bits per heavy atom. The third-order valence-electron chi connectivity index (χ3n) is 4.34. The molecule has 122 valence electrons. The van der Waals surface area contributed by atoms with E-state index < -0.39 is 12.0 Å². The van der Waals surface area contributed by atoms with Crippen LogP contribution in [0, 0.1) is 0 Å². The van der Waals surface area contributed by atoms with E-state index in [9.17, 15) is 14.7 Å². The Morgan fingerprint density at radius 2 is 2.13 bits per heavy atom. The predicted molar refractivity (Wildman–Crippen MR) is 87.2 cm³/mol. The van der Waals surface area contributed by atoms with E-state index in [1.54, 1.807) is 0 Å². The molecule has 0 radical (unpaired) electrons. The van der Waals surface area contributed by atoms with Crippen LogP contribution in [0.25, 0.3) is 10.9 Å². The lowest BCUT2D eigenvalue weighted by Crippen LogP contribution is -2.52. The summed E-state index contributed by atoms with van der Waals surface area (Å²) < 4.78 is 0. The van der Waals surface area contributed by atoms with E-state index in [1.807, 2.05) is 30.5 Å². The molecular weight excluding hydrogens is 294 g/mol. The van der Waals surface area contributed by atoms with Gasteiger partial charge in [-0.2, -0.15) is 0 Å². The van der Waals surface area contributed by atoms with Crippen molar-refractivity contribution in [2.24, 2.45) is 0 Å². The number of benzene rings is 1. The Morgan fingerprint density at radius 1 is 1.30 bits per heavy atom. The van der Waals surface area contributed by atoms with E-state index in [0.717, 1.165) is 42.3 Å². The van der Waals surface area contributed by atoms with E-state index >= 15 is 0 Å². The highest BCUT2D eigenvalue weighted by molar-refractivity contribution is 5.88. The molecule has 6 nitrogen and oxygen atoms in total. The second-order valence-corrected chi connectivity index (χ2v) is 5.97. The lowest BCUT2D eigenvalue weighted by Gasteiger charge is -2.24. The molecule has 1 amide bonds. The number of fused-ring (bicyclic) bond motifs is 1. The maximum absolute atomic E-state index is 12.3. The first-order valence-corrected chi connectivity index (χ1v) is 7.96. The summed E-state index contributed by atoms with van der Waals surface area (Å²) in [5.41, 5.74) is 1.86. The summed E-state index contributed by atoms with van der Waals surface area (Å²) in [6.45, 7) is 0.804. The quantitative estimate of drug-likeness (QED) is 0.671. The minimum absolute atomic E-state index is 0.225. The van der Waals surface area contributed by atoms with Gasteiger partial charge in [-0.15, -0.1) is 0 Å². The molecule has 1 aromatic heterocycles. The van der Waals surface area contributed by atoms with Crippen LogP contribution >= 0.6 is 0 Å². The summed E-state index contributed by atoms with van der Waals surface area (Å²) in [5.74, 6) is -1.24. The number of hydrogen-bond donors (Lipinski definition) is 4. The van der Waals surface area contributed by atoms with Crippen LogP contribution in [-0.2, 0) is 16.0 Å². The Kier molecular flexibility index (Phi) is 4.62. The number of carboxylic acids is 1. The molecular formula is C17H21N3O3. The number of para-hydroxylation sites is 1. The Labute approximate surface area is 134 Å². The molecule has 1 fully saturated rings. The standard InChI is InChI=1S/C17H21N3O3/c21-16(14-7-3-4-8-18-14)20-15(17(22)23)9-11-10-19-13-6-2-1-5-12(11)13/h1-2,5-6,10,14-15,18-19H,3-4,7-9H2,(H,20,21)(H,22,23)/t14-,15-/m0/s1. The molecule has 0 unspecified atom stereocenters. The summed E-state index contributed by atoms with van der Waals surface area (Å²) in [7, 11) is 0. The van der Waals surface area contributed by atoms with Crippen LogP contribution in [0.1, 0.15) is 24.8 Å². The van der Waals surface area contributed by atoms with Gasteiger partial charge in [0.2, 0.25) is 5.91 Å². The number of rotatable bonds is 5. The fourth-order valence-corrected chi connectivity index (χ4v) is 3.07. The highest BCUT2D eigenvalue weighted by Crippen LogP contribution is 2.19. The van der Waals surface area contributed by atoms with Crippen LogP contribution in [0.2, 0.25) is 0 Å². The highest BCUT2D eigenvalue weighted by Gasteiger charge is 2.27. The summed E-state index contributed by atoms with van der Waals surface area (Å²) >= 11 is 0. The van der Waals surface area contributed by atoms with Gasteiger partial charge in [-0.25, -0.2) is 4.79 Å². The van der Waals surface area contributed by atoms with E-state index in [-0.39, 0.29) is 18.4 Å². The summed E-state index contributed by atoms with van der Waals surface area (Å²) in [6, 6.07) is 6.52. The molecule has 0 aliphatic carbocycles. The molecule has 0 bridgehead atoms. The fraction of sp³-hybridized carbons (Fsp3) is 0.412. The number of carbonyl (C=O) groups is 2. The predicted octanol–water partition coefficient (Wildman–Crippen LogP) is 1.42. The largest absolute Gasteiger partial charge is 0.480 e. The van der Waals surface area contributed by atoms with Gasteiger partial charge in [0.05, 0.1) is 6.04 Å². The van der Waals surface area contributed by atoms with Gasteiger partial charge < -0.3 is 20.7 Å². The van der Waals surface area contributed by atoms with Crippen LogP contribution < -0.4 is 10.6 Å². The maximum atomic E-state index is 12.3. The van der Waals surface area contributed by atoms with Crippen molar-refractivity contribution in [3.8, 4) is 0 Å². The molecule has 4 N–H and O–H groups in total. The molecule has 2 atom stereocenters. The lowest BCUT2D eigenvalue weighted by molar-refractivity contribution is -0.142. The number of carbonyl (C=O) groups excluding carboxylic acids is 1. The van der Waals surface area contributed by atoms with Crippen molar-refractivity contribution in [3.05, 3.63) is 36.0 Å². The molecule has 2 aromatic rings. The second-order valence-electron chi connectivity index (χ2n) is 5.97. The minimum atomic E-state index is -1.01. The number of aromatic nitrogens is 1. The van der Waals surface area contributed by atoms with E-state index in [1.165, 1.54) is 0 Å². The zero-order valence-corrected chi connectivity index (χ0v) is 12.8.